The Morgan fingerprint density at radius 3 is 2.42 bits per heavy atom. The first-order chi connectivity index (χ1) is 18.4. The highest BCUT2D eigenvalue weighted by molar-refractivity contribution is 7.21. The average molecular weight is 523 g/mol. The highest BCUT2D eigenvalue weighted by atomic mass is 32.1. The van der Waals surface area contributed by atoms with E-state index >= 15 is 0 Å². The van der Waals surface area contributed by atoms with Crippen molar-refractivity contribution in [3.8, 4) is 22.5 Å². The van der Waals surface area contributed by atoms with E-state index in [1.54, 1.807) is 13.0 Å². The van der Waals surface area contributed by atoms with E-state index in [4.69, 9.17) is 4.98 Å². The minimum absolute atomic E-state index is 0.0478. The highest BCUT2D eigenvalue weighted by Gasteiger charge is 2.29. The Labute approximate surface area is 225 Å². The molecule has 6 rings (SSSR count). The summed E-state index contributed by atoms with van der Waals surface area (Å²) in [6, 6.07) is 20.7. The largest absolute Gasteiger partial charge is 0.477 e. The van der Waals surface area contributed by atoms with Crippen molar-refractivity contribution in [2.45, 2.75) is 58.4 Å². The van der Waals surface area contributed by atoms with Crippen molar-refractivity contribution in [2.24, 2.45) is 0 Å². The number of carboxylic acids is 1. The Kier molecular flexibility index (Phi) is 6.36. The van der Waals surface area contributed by atoms with Gasteiger partial charge in [0, 0.05) is 10.9 Å². The number of hydrogen-bond acceptors (Lipinski definition) is 4. The number of carbonyl (C=O) groups excluding carboxylic acids is 1. The third-order valence-corrected chi connectivity index (χ3v) is 8.83. The van der Waals surface area contributed by atoms with Crippen LogP contribution in [0.5, 0.6) is 0 Å². The summed E-state index contributed by atoms with van der Waals surface area (Å²) in [6.45, 7) is 3.89. The first-order valence-electron chi connectivity index (χ1n) is 13.3. The smallest absolute Gasteiger partial charge is 0.345 e. The molecule has 0 saturated heterocycles. The van der Waals surface area contributed by atoms with Crippen molar-refractivity contribution in [2.75, 3.05) is 0 Å². The van der Waals surface area contributed by atoms with E-state index in [0.29, 0.717) is 10.8 Å². The minimum Gasteiger partial charge on any atom is -0.477 e. The predicted molar refractivity (Wildman–Crippen MR) is 154 cm³/mol. The molecule has 0 radical (unpaired) electrons. The summed E-state index contributed by atoms with van der Waals surface area (Å²) in [6.07, 6.45) is 5.75. The maximum atomic E-state index is 12.4. The number of benzene rings is 2. The Hall–Kier alpha value is -3.77. The molecule has 0 bridgehead atoms. The lowest BCUT2D eigenvalue weighted by molar-refractivity contribution is -0.117. The van der Waals surface area contributed by atoms with Crippen LogP contribution in [0.1, 0.15) is 65.7 Å². The molecule has 0 unspecified atom stereocenters. The van der Waals surface area contributed by atoms with Gasteiger partial charge in [-0.05, 0) is 68.0 Å². The Bertz CT molecular complexity index is 1690. The molecule has 3 heterocycles. The molecule has 1 aliphatic rings. The fourth-order valence-electron chi connectivity index (χ4n) is 5.88. The van der Waals surface area contributed by atoms with E-state index in [2.05, 4.69) is 66.1 Å². The number of thiophene rings is 1. The van der Waals surface area contributed by atoms with Crippen LogP contribution in [0, 0.1) is 6.92 Å². The molecule has 6 heteroatoms. The van der Waals surface area contributed by atoms with E-state index in [0.717, 1.165) is 56.5 Å². The fraction of sp³-hybridized carbons (Fsp3) is 0.281. The third-order valence-electron chi connectivity index (χ3n) is 7.69. The maximum absolute atomic E-state index is 12.4. The van der Waals surface area contributed by atoms with Crippen LogP contribution in [0.15, 0.2) is 60.7 Å². The number of pyridine rings is 1. The van der Waals surface area contributed by atoms with Crippen LogP contribution in [0.4, 0.5) is 0 Å². The number of aromatic nitrogens is 2. The van der Waals surface area contributed by atoms with Gasteiger partial charge in [0.25, 0.3) is 0 Å². The molecule has 0 aliphatic heterocycles. The van der Waals surface area contributed by atoms with Gasteiger partial charge in [0.15, 0.2) is 0 Å². The molecule has 5 aromatic rings. The van der Waals surface area contributed by atoms with Gasteiger partial charge in [-0.3, -0.25) is 4.79 Å². The third kappa shape index (κ3) is 4.43. The number of hydrogen-bond donors (Lipinski definition) is 1. The second-order valence-corrected chi connectivity index (χ2v) is 11.5. The van der Waals surface area contributed by atoms with Crippen LogP contribution < -0.4 is 0 Å². The lowest BCUT2D eigenvalue weighted by Crippen LogP contribution is -2.10. The molecule has 38 heavy (non-hydrogen) atoms. The summed E-state index contributed by atoms with van der Waals surface area (Å²) < 4.78 is 3.07. The zero-order valence-electron chi connectivity index (χ0n) is 21.7. The molecule has 1 N–H and O–H groups in total. The normalized spacial score (nSPS) is 14.4. The lowest BCUT2D eigenvalue weighted by Gasteiger charge is -2.23. The van der Waals surface area contributed by atoms with Gasteiger partial charge in [-0.2, -0.15) is 0 Å². The van der Waals surface area contributed by atoms with Crippen molar-refractivity contribution in [3.63, 3.8) is 0 Å². The number of carbonyl (C=O) groups is 2. The molecule has 1 aliphatic carbocycles. The van der Waals surface area contributed by atoms with Gasteiger partial charge in [0.2, 0.25) is 0 Å². The molecule has 0 atom stereocenters. The number of ketones is 1. The van der Waals surface area contributed by atoms with Crippen LogP contribution >= 0.6 is 11.3 Å². The summed E-state index contributed by atoms with van der Waals surface area (Å²) in [5, 5.41) is 10.8. The minimum atomic E-state index is -0.919. The summed E-state index contributed by atoms with van der Waals surface area (Å²) in [4.78, 5) is 29.5. The molecule has 1 saturated carbocycles. The topological polar surface area (TPSA) is 72.2 Å². The van der Waals surface area contributed by atoms with Gasteiger partial charge in [-0.1, -0.05) is 61.2 Å². The van der Waals surface area contributed by atoms with E-state index in [1.807, 2.05) is 0 Å². The van der Waals surface area contributed by atoms with Crippen molar-refractivity contribution < 1.29 is 14.7 Å². The Balaban J connectivity index is 1.53. The molecule has 0 spiro atoms. The number of carboxylic acid groups (broad SMARTS) is 1. The Morgan fingerprint density at radius 2 is 1.71 bits per heavy atom. The number of fused-ring (bicyclic) bond motifs is 2. The number of aromatic carboxylic acids is 1. The number of rotatable bonds is 6. The van der Waals surface area contributed by atoms with Gasteiger partial charge in [0.05, 0.1) is 33.7 Å². The average Bonchev–Trinajstić information content (AvgIpc) is 3.47. The molecule has 1 fully saturated rings. The number of aryl methyl sites for hydroxylation is 1. The molecule has 0 amide bonds. The second-order valence-electron chi connectivity index (χ2n) is 10.5. The van der Waals surface area contributed by atoms with Crippen LogP contribution in [0.2, 0.25) is 0 Å². The van der Waals surface area contributed by atoms with Crippen LogP contribution in [0.3, 0.4) is 0 Å². The highest BCUT2D eigenvalue weighted by Crippen LogP contribution is 2.47. The summed E-state index contributed by atoms with van der Waals surface area (Å²) in [5.74, 6) is -0.517. The molecular weight excluding hydrogens is 492 g/mol. The predicted octanol–water partition coefficient (Wildman–Crippen LogP) is 8.23. The lowest BCUT2D eigenvalue weighted by atomic mass is 9.83. The fourth-order valence-corrected chi connectivity index (χ4v) is 7.00. The molecule has 2 aromatic carbocycles. The van der Waals surface area contributed by atoms with Gasteiger partial charge < -0.3 is 9.67 Å². The second kappa shape index (κ2) is 9.84. The molecular formula is C32H30N2O3S. The maximum Gasteiger partial charge on any atom is 0.345 e. The van der Waals surface area contributed by atoms with E-state index in [9.17, 15) is 14.7 Å². The van der Waals surface area contributed by atoms with E-state index < -0.39 is 5.97 Å². The zero-order valence-corrected chi connectivity index (χ0v) is 22.5. The van der Waals surface area contributed by atoms with E-state index in [1.165, 1.54) is 41.7 Å². The van der Waals surface area contributed by atoms with Gasteiger partial charge >= 0.3 is 5.97 Å². The van der Waals surface area contributed by atoms with Crippen molar-refractivity contribution in [3.05, 3.63) is 76.7 Å². The van der Waals surface area contributed by atoms with Gasteiger partial charge in [-0.15, -0.1) is 11.3 Å². The molecule has 3 aromatic heterocycles. The zero-order chi connectivity index (χ0) is 26.4. The first-order valence-corrected chi connectivity index (χ1v) is 14.1. The summed E-state index contributed by atoms with van der Waals surface area (Å²) in [7, 11) is 0. The Morgan fingerprint density at radius 1 is 0.974 bits per heavy atom. The van der Waals surface area contributed by atoms with Crippen molar-refractivity contribution in [1.29, 1.82) is 0 Å². The monoisotopic (exact) mass is 522 g/mol. The van der Waals surface area contributed by atoms with Gasteiger partial charge in [-0.25, -0.2) is 9.78 Å². The van der Waals surface area contributed by atoms with Gasteiger partial charge in [0.1, 0.15) is 10.7 Å². The quantitative estimate of drug-likeness (QED) is 0.244. The number of Topliss-reactive ketones (excluding diaryl/α,β-unsaturated/α-hetero) is 1. The van der Waals surface area contributed by atoms with Crippen LogP contribution in [0.25, 0.3) is 43.6 Å². The van der Waals surface area contributed by atoms with Crippen molar-refractivity contribution >= 4 is 44.2 Å². The SMILES string of the molecule is CC(=O)Cn1c(-c2ccc3nc(-c4ccc(C)cc4)ccc3c2)c(C2CCCCC2)c2sc(C(=O)O)cc21. The standard InChI is InChI=1S/C32H30N2O3S/c1-19-8-10-21(11-9-19)25-14-12-23-16-24(13-15-26(23)33-25)30-29(22-6-4-3-5-7-22)31-27(34(30)18-20(2)35)17-28(38-31)32(36)37/h8-17,22H,3-7,18H2,1-2H3,(H,36,37). The van der Waals surface area contributed by atoms with Crippen LogP contribution in [-0.4, -0.2) is 26.4 Å². The summed E-state index contributed by atoms with van der Waals surface area (Å²) in [5.41, 5.74) is 8.33. The van der Waals surface area contributed by atoms with Crippen molar-refractivity contribution in [1.82, 2.24) is 9.55 Å². The first kappa shape index (κ1) is 24.6. The van der Waals surface area contributed by atoms with E-state index in [-0.39, 0.29) is 12.3 Å². The van der Waals surface area contributed by atoms with Crippen LogP contribution in [-0.2, 0) is 11.3 Å². The molecule has 5 nitrogen and oxygen atoms in total. The number of nitrogens with zero attached hydrogens (tertiary/aromatic N) is 2. The summed E-state index contributed by atoms with van der Waals surface area (Å²) >= 11 is 1.34. The molecule has 192 valence electrons.